The molecule has 1 heterocycles. The number of carbonyl (C=O) groups is 1. The van der Waals surface area contributed by atoms with E-state index in [1.54, 1.807) is 11.3 Å². The molecule has 1 atom stereocenters. The van der Waals surface area contributed by atoms with Crippen molar-refractivity contribution in [2.75, 3.05) is 13.7 Å². The van der Waals surface area contributed by atoms with E-state index in [2.05, 4.69) is 19.2 Å². The summed E-state index contributed by atoms with van der Waals surface area (Å²) >= 11 is 1.58. The van der Waals surface area contributed by atoms with Gasteiger partial charge in [-0.1, -0.05) is 13.8 Å². The van der Waals surface area contributed by atoms with E-state index in [1.165, 1.54) is 7.11 Å². The van der Waals surface area contributed by atoms with E-state index in [4.69, 9.17) is 4.74 Å². The Hall–Kier alpha value is -0.870. The minimum atomic E-state index is -0.330. The number of methoxy groups -OCH3 is 1. The maximum atomic E-state index is 11.5. The van der Waals surface area contributed by atoms with Crippen LogP contribution >= 0.6 is 11.3 Å². The van der Waals surface area contributed by atoms with Gasteiger partial charge in [0.05, 0.1) is 7.11 Å². The van der Waals surface area contributed by atoms with Crippen LogP contribution in [0.25, 0.3) is 0 Å². The van der Waals surface area contributed by atoms with Gasteiger partial charge in [-0.15, -0.1) is 0 Å². The van der Waals surface area contributed by atoms with Gasteiger partial charge in [-0.05, 0) is 34.9 Å². The molecule has 0 aromatic carbocycles. The fourth-order valence-electron chi connectivity index (χ4n) is 1.25. The lowest BCUT2D eigenvalue weighted by Gasteiger charge is -2.16. The van der Waals surface area contributed by atoms with Gasteiger partial charge < -0.3 is 10.1 Å². The highest BCUT2D eigenvalue weighted by Crippen LogP contribution is 2.17. The van der Waals surface area contributed by atoms with E-state index in [9.17, 15) is 4.79 Å². The highest BCUT2D eigenvalue weighted by Gasteiger charge is 2.21. The molecule has 0 bridgehead atoms. The average Bonchev–Trinajstić information content (AvgIpc) is 2.70. The summed E-state index contributed by atoms with van der Waals surface area (Å²) in [4.78, 5) is 11.5. The van der Waals surface area contributed by atoms with Crippen LogP contribution in [0.3, 0.4) is 0 Å². The van der Waals surface area contributed by atoms with Gasteiger partial charge in [0.15, 0.2) is 0 Å². The molecule has 15 heavy (non-hydrogen) atoms. The molecule has 4 heteroatoms. The Morgan fingerprint density at radius 1 is 1.60 bits per heavy atom. The first-order valence-electron chi connectivity index (χ1n) is 4.98. The molecule has 1 aromatic heterocycles. The second-order valence-corrected chi connectivity index (χ2v) is 4.59. The molecule has 0 spiro atoms. The minimum absolute atomic E-state index is 0.228. The average molecular weight is 227 g/mol. The molecule has 3 nitrogen and oxygen atoms in total. The number of ether oxygens (including phenoxy) is 1. The molecule has 0 saturated heterocycles. The van der Waals surface area contributed by atoms with Crippen molar-refractivity contribution in [1.29, 1.82) is 0 Å². The van der Waals surface area contributed by atoms with Crippen molar-refractivity contribution in [2.24, 2.45) is 5.92 Å². The SMILES string of the molecule is COC(=O)C(NCC(C)C)c1ccsc1. The number of hydrogen-bond donors (Lipinski definition) is 1. The molecule has 1 unspecified atom stereocenters. The summed E-state index contributed by atoms with van der Waals surface area (Å²) in [7, 11) is 1.42. The number of carbonyl (C=O) groups excluding carboxylic acids is 1. The number of rotatable bonds is 5. The maximum Gasteiger partial charge on any atom is 0.327 e. The Morgan fingerprint density at radius 2 is 2.33 bits per heavy atom. The molecule has 0 saturated carbocycles. The topological polar surface area (TPSA) is 38.3 Å². The molecule has 84 valence electrons. The van der Waals surface area contributed by atoms with Crippen LogP contribution in [-0.4, -0.2) is 19.6 Å². The highest BCUT2D eigenvalue weighted by molar-refractivity contribution is 7.08. The van der Waals surface area contributed by atoms with Crippen LogP contribution < -0.4 is 5.32 Å². The van der Waals surface area contributed by atoms with Crippen molar-refractivity contribution in [3.05, 3.63) is 22.4 Å². The highest BCUT2D eigenvalue weighted by atomic mass is 32.1. The molecule has 1 rings (SSSR count). The molecule has 0 amide bonds. The predicted molar refractivity (Wildman–Crippen MR) is 61.9 cm³/mol. The summed E-state index contributed by atoms with van der Waals surface area (Å²) < 4.78 is 4.77. The summed E-state index contributed by atoms with van der Waals surface area (Å²) in [5.74, 6) is 0.282. The molecule has 0 aliphatic carbocycles. The molecule has 1 N–H and O–H groups in total. The van der Waals surface area contributed by atoms with Crippen LogP contribution in [0.2, 0.25) is 0 Å². The lowest BCUT2D eigenvalue weighted by molar-refractivity contribution is -0.143. The van der Waals surface area contributed by atoms with Crippen LogP contribution in [0.4, 0.5) is 0 Å². The van der Waals surface area contributed by atoms with E-state index < -0.39 is 0 Å². The first-order chi connectivity index (χ1) is 7.15. The first kappa shape index (κ1) is 12.2. The number of esters is 1. The zero-order chi connectivity index (χ0) is 11.3. The van der Waals surface area contributed by atoms with Gasteiger partial charge in [0, 0.05) is 0 Å². The summed E-state index contributed by atoms with van der Waals surface area (Å²) in [6, 6.07) is 1.61. The maximum absolute atomic E-state index is 11.5. The molecule has 0 radical (unpaired) electrons. The van der Waals surface area contributed by atoms with Gasteiger partial charge in [0.2, 0.25) is 0 Å². The van der Waals surface area contributed by atoms with Crippen LogP contribution in [0, 0.1) is 5.92 Å². The fraction of sp³-hybridized carbons (Fsp3) is 0.545. The van der Waals surface area contributed by atoms with Crippen LogP contribution in [0.1, 0.15) is 25.5 Å². The van der Waals surface area contributed by atoms with Gasteiger partial charge >= 0.3 is 5.97 Å². The third kappa shape index (κ3) is 3.64. The minimum Gasteiger partial charge on any atom is -0.468 e. The standard InChI is InChI=1S/C11H17NO2S/c1-8(2)6-12-10(11(13)14-3)9-4-5-15-7-9/h4-5,7-8,10,12H,6H2,1-3H3. The van der Waals surface area contributed by atoms with Crippen LogP contribution in [-0.2, 0) is 9.53 Å². The lowest BCUT2D eigenvalue weighted by atomic mass is 10.1. The molecular weight excluding hydrogens is 210 g/mol. The summed E-state index contributed by atoms with van der Waals surface area (Å²) in [5.41, 5.74) is 0.979. The Morgan fingerprint density at radius 3 is 2.80 bits per heavy atom. The van der Waals surface area contributed by atoms with Crippen molar-refractivity contribution in [1.82, 2.24) is 5.32 Å². The smallest absolute Gasteiger partial charge is 0.327 e. The normalized spacial score (nSPS) is 12.8. The zero-order valence-corrected chi connectivity index (χ0v) is 10.1. The Labute approximate surface area is 94.5 Å². The van der Waals surface area contributed by atoms with Crippen LogP contribution in [0.5, 0.6) is 0 Å². The van der Waals surface area contributed by atoms with Gasteiger partial charge in [0.25, 0.3) is 0 Å². The fourth-order valence-corrected chi connectivity index (χ4v) is 1.93. The van der Waals surface area contributed by atoms with Crippen molar-refractivity contribution in [3.8, 4) is 0 Å². The molecule has 0 aliphatic heterocycles. The predicted octanol–water partition coefficient (Wildman–Crippen LogP) is 2.21. The van der Waals surface area contributed by atoms with Gasteiger partial charge in [-0.2, -0.15) is 11.3 Å². The quantitative estimate of drug-likeness (QED) is 0.784. The molecular formula is C11H17NO2S. The van der Waals surface area contributed by atoms with Crippen molar-refractivity contribution < 1.29 is 9.53 Å². The molecule has 0 fully saturated rings. The van der Waals surface area contributed by atoms with E-state index in [-0.39, 0.29) is 12.0 Å². The summed E-state index contributed by atoms with van der Waals surface area (Å²) in [6.07, 6.45) is 0. The number of nitrogens with one attached hydrogen (secondary N) is 1. The number of thiophene rings is 1. The largest absolute Gasteiger partial charge is 0.468 e. The van der Waals surface area contributed by atoms with Gasteiger partial charge in [-0.3, -0.25) is 0 Å². The Balaban J connectivity index is 2.66. The first-order valence-corrected chi connectivity index (χ1v) is 5.92. The Kier molecular flexibility index (Phi) is 4.78. The van der Waals surface area contributed by atoms with E-state index >= 15 is 0 Å². The number of hydrogen-bond acceptors (Lipinski definition) is 4. The zero-order valence-electron chi connectivity index (χ0n) is 9.32. The monoisotopic (exact) mass is 227 g/mol. The van der Waals surface area contributed by atoms with Gasteiger partial charge in [0.1, 0.15) is 6.04 Å². The van der Waals surface area contributed by atoms with Gasteiger partial charge in [-0.25, -0.2) is 4.79 Å². The third-order valence-electron chi connectivity index (χ3n) is 2.04. The second-order valence-electron chi connectivity index (χ2n) is 3.81. The van der Waals surface area contributed by atoms with E-state index in [0.29, 0.717) is 5.92 Å². The van der Waals surface area contributed by atoms with Crippen LogP contribution in [0.15, 0.2) is 16.8 Å². The van der Waals surface area contributed by atoms with E-state index in [1.807, 2.05) is 16.8 Å². The third-order valence-corrected chi connectivity index (χ3v) is 2.75. The summed E-state index contributed by atoms with van der Waals surface area (Å²) in [6.45, 7) is 5.01. The molecule has 0 aliphatic rings. The lowest BCUT2D eigenvalue weighted by Crippen LogP contribution is -2.31. The Bertz CT molecular complexity index is 296. The molecule has 1 aromatic rings. The van der Waals surface area contributed by atoms with Crippen molar-refractivity contribution >= 4 is 17.3 Å². The van der Waals surface area contributed by atoms with Crippen molar-refractivity contribution in [2.45, 2.75) is 19.9 Å². The second kappa shape index (κ2) is 5.88. The van der Waals surface area contributed by atoms with E-state index in [0.717, 1.165) is 12.1 Å². The summed E-state index contributed by atoms with van der Waals surface area (Å²) in [5, 5.41) is 7.13. The van der Waals surface area contributed by atoms with Crippen molar-refractivity contribution in [3.63, 3.8) is 0 Å².